The molecule has 0 amide bonds. The molecule has 2 atom stereocenters. The van der Waals surface area contributed by atoms with Crippen molar-refractivity contribution in [3.05, 3.63) is 60.7 Å². The number of hydrogen-bond acceptors (Lipinski definition) is 2. The lowest BCUT2D eigenvalue weighted by Gasteiger charge is -2.49. The Morgan fingerprint density at radius 2 is 1.46 bits per heavy atom. The highest BCUT2D eigenvalue weighted by Crippen LogP contribution is 2.42. The van der Waals surface area contributed by atoms with Crippen molar-refractivity contribution in [2.75, 3.05) is 0 Å². The molecular weight excluding hydrogens is 343 g/mol. The van der Waals surface area contributed by atoms with Gasteiger partial charge in [0.1, 0.15) is 0 Å². The van der Waals surface area contributed by atoms with Gasteiger partial charge in [0.05, 0.1) is 0 Å². The molecule has 0 heterocycles. The maximum absolute atomic E-state index is 14.8. The van der Waals surface area contributed by atoms with Gasteiger partial charge in [0.15, 0.2) is 12.0 Å². The van der Waals surface area contributed by atoms with Gasteiger partial charge in [-0.1, -0.05) is 87.9 Å². The van der Waals surface area contributed by atoms with Crippen LogP contribution in [0.2, 0.25) is 5.04 Å². The maximum atomic E-state index is 14.8. The van der Waals surface area contributed by atoms with E-state index in [9.17, 15) is 9.50 Å². The first-order valence-electron chi connectivity index (χ1n) is 9.47. The lowest BCUT2D eigenvalue weighted by atomic mass is 9.93. The highest BCUT2D eigenvalue weighted by atomic mass is 28.4. The van der Waals surface area contributed by atoms with Gasteiger partial charge in [-0.15, -0.1) is 0 Å². The molecule has 4 heteroatoms. The van der Waals surface area contributed by atoms with Crippen molar-refractivity contribution in [3.63, 3.8) is 0 Å². The molecule has 1 aliphatic carbocycles. The van der Waals surface area contributed by atoms with E-state index in [2.05, 4.69) is 45.0 Å². The summed E-state index contributed by atoms with van der Waals surface area (Å²) in [4.78, 5) is 0. The van der Waals surface area contributed by atoms with Crippen LogP contribution in [0.25, 0.3) is 0 Å². The first-order valence-corrected chi connectivity index (χ1v) is 11.4. The first kappa shape index (κ1) is 19.3. The number of hydrogen-bond donors (Lipinski definition) is 1. The minimum atomic E-state index is -2.94. The molecule has 0 aliphatic heterocycles. The Hall–Kier alpha value is -1.49. The normalized spacial score (nSPS) is 24.4. The fraction of sp³-hybridized carbons (Fsp3) is 0.455. The van der Waals surface area contributed by atoms with Crippen molar-refractivity contribution >= 4 is 18.7 Å². The van der Waals surface area contributed by atoms with E-state index in [0.717, 1.165) is 23.2 Å². The Bertz CT molecular complexity index is 674. The molecule has 26 heavy (non-hydrogen) atoms. The first-order chi connectivity index (χ1) is 12.3. The third kappa shape index (κ3) is 3.38. The molecule has 1 saturated carbocycles. The van der Waals surface area contributed by atoms with Gasteiger partial charge < -0.3 is 9.53 Å². The molecule has 2 aromatic rings. The van der Waals surface area contributed by atoms with E-state index >= 15 is 0 Å². The van der Waals surface area contributed by atoms with Crippen LogP contribution < -0.4 is 10.4 Å². The highest BCUT2D eigenvalue weighted by Gasteiger charge is 2.56. The number of alkyl halides is 1. The summed E-state index contributed by atoms with van der Waals surface area (Å²) in [7, 11) is -2.94. The Balaban J connectivity index is 2.21. The standard InChI is InChI=1S/C22H29FO2Si/c1-21(2,3)26(18-12-6-4-7-13-18,19-14-8-5-9-15-19)25-22(24)17-11-10-16-20(22)23/h4-9,12-15,20,24H,10-11,16-17H2,1-3H3. The van der Waals surface area contributed by atoms with E-state index in [0.29, 0.717) is 12.8 Å². The summed E-state index contributed by atoms with van der Waals surface area (Å²) in [5.74, 6) is -1.72. The van der Waals surface area contributed by atoms with Crippen molar-refractivity contribution in [1.29, 1.82) is 0 Å². The minimum absolute atomic E-state index is 0.275. The average molecular weight is 373 g/mol. The van der Waals surface area contributed by atoms with Gasteiger partial charge in [0, 0.05) is 6.42 Å². The molecule has 0 radical (unpaired) electrons. The van der Waals surface area contributed by atoms with Gasteiger partial charge in [0.25, 0.3) is 8.32 Å². The summed E-state index contributed by atoms with van der Waals surface area (Å²) in [6, 6.07) is 20.2. The van der Waals surface area contributed by atoms with Gasteiger partial charge in [0.2, 0.25) is 0 Å². The van der Waals surface area contributed by atoms with E-state index in [4.69, 9.17) is 4.43 Å². The third-order valence-corrected chi connectivity index (χ3v) is 10.5. The second-order valence-electron chi connectivity index (χ2n) is 8.32. The molecule has 1 fully saturated rings. The molecule has 2 aromatic carbocycles. The Kier molecular flexibility index (Phi) is 5.38. The number of rotatable bonds is 4. The van der Waals surface area contributed by atoms with Crippen molar-refractivity contribution in [2.24, 2.45) is 0 Å². The number of benzene rings is 2. The lowest BCUT2D eigenvalue weighted by Crippen LogP contribution is -2.71. The van der Waals surface area contributed by atoms with E-state index in [1.807, 2.05) is 36.4 Å². The van der Waals surface area contributed by atoms with Crippen LogP contribution >= 0.6 is 0 Å². The fourth-order valence-electron chi connectivity index (χ4n) is 4.11. The van der Waals surface area contributed by atoms with Crippen molar-refractivity contribution < 1.29 is 13.9 Å². The monoisotopic (exact) mass is 372 g/mol. The van der Waals surface area contributed by atoms with Crippen molar-refractivity contribution in [2.45, 2.75) is 63.5 Å². The second-order valence-corrected chi connectivity index (χ2v) is 12.5. The Morgan fingerprint density at radius 3 is 1.88 bits per heavy atom. The Morgan fingerprint density at radius 1 is 0.962 bits per heavy atom. The molecule has 1 N–H and O–H groups in total. The van der Waals surface area contributed by atoms with Crippen molar-refractivity contribution in [1.82, 2.24) is 0 Å². The molecule has 3 rings (SSSR count). The predicted molar refractivity (Wildman–Crippen MR) is 107 cm³/mol. The van der Waals surface area contributed by atoms with E-state index < -0.39 is 20.3 Å². The van der Waals surface area contributed by atoms with Crippen LogP contribution in [-0.4, -0.2) is 25.4 Å². The van der Waals surface area contributed by atoms with Crippen LogP contribution in [0.15, 0.2) is 60.7 Å². The van der Waals surface area contributed by atoms with E-state index in [1.54, 1.807) is 0 Å². The zero-order valence-corrected chi connectivity index (χ0v) is 16.9. The molecule has 140 valence electrons. The Labute approximate surface area is 157 Å². The summed E-state index contributed by atoms with van der Waals surface area (Å²) in [6.07, 6.45) is 0.939. The van der Waals surface area contributed by atoms with Gasteiger partial charge in [-0.2, -0.15) is 0 Å². The minimum Gasteiger partial charge on any atom is -0.378 e. The van der Waals surface area contributed by atoms with Crippen LogP contribution in [0.1, 0.15) is 46.5 Å². The lowest BCUT2D eigenvalue weighted by molar-refractivity contribution is -0.207. The summed E-state index contributed by atoms with van der Waals surface area (Å²) < 4.78 is 21.5. The second kappa shape index (κ2) is 7.26. The summed E-state index contributed by atoms with van der Waals surface area (Å²) in [6.45, 7) is 6.41. The number of aliphatic hydroxyl groups is 1. The smallest absolute Gasteiger partial charge is 0.264 e. The van der Waals surface area contributed by atoms with E-state index in [1.165, 1.54) is 0 Å². The summed E-state index contributed by atoms with van der Waals surface area (Å²) in [5, 5.41) is 13.0. The van der Waals surface area contributed by atoms with Crippen LogP contribution in [0.5, 0.6) is 0 Å². The molecular formula is C22H29FO2Si. The number of halogens is 1. The summed E-state index contributed by atoms with van der Waals surface area (Å²) >= 11 is 0. The molecule has 0 bridgehead atoms. The fourth-order valence-corrected chi connectivity index (χ4v) is 8.80. The van der Waals surface area contributed by atoms with Crippen LogP contribution in [0, 0.1) is 0 Å². The van der Waals surface area contributed by atoms with Gasteiger partial charge in [-0.3, -0.25) is 0 Å². The van der Waals surface area contributed by atoms with Crippen molar-refractivity contribution in [3.8, 4) is 0 Å². The summed E-state index contributed by atoms with van der Waals surface area (Å²) in [5.41, 5.74) is 0. The SMILES string of the molecule is CC(C)(C)[Si](OC1(O)CCCCC1F)(c1ccccc1)c1ccccc1. The molecule has 0 aromatic heterocycles. The molecule has 2 nitrogen and oxygen atoms in total. The third-order valence-electron chi connectivity index (χ3n) is 5.48. The predicted octanol–water partition coefficient (Wildman–Crippen LogP) is 4.16. The van der Waals surface area contributed by atoms with Crippen LogP contribution in [0.3, 0.4) is 0 Å². The highest BCUT2D eigenvalue weighted by molar-refractivity contribution is 6.99. The van der Waals surface area contributed by atoms with Gasteiger partial charge in [-0.05, 0) is 28.3 Å². The van der Waals surface area contributed by atoms with Crippen LogP contribution in [0.4, 0.5) is 4.39 Å². The zero-order valence-electron chi connectivity index (χ0n) is 15.9. The van der Waals surface area contributed by atoms with Gasteiger partial charge in [-0.25, -0.2) is 4.39 Å². The van der Waals surface area contributed by atoms with Gasteiger partial charge >= 0.3 is 0 Å². The topological polar surface area (TPSA) is 29.5 Å². The van der Waals surface area contributed by atoms with Crippen LogP contribution in [-0.2, 0) is 4.43 Å². The largest absolute Gasteiger partial charge is 0.378 e. The quantitative estimate of drug-likeness (QED) is 0.645. The molecule has 2 unspecified atom stereocenters. The molecule has 0 spiro atoms. The van der Waals surface area contributed by atoms with E-state index in [-0.39, 0.29) is 5.04 Å². The average Bonchev–Trinajstić information content (AvgIpc) is 2.63. The zero-order chi connectivity index (χ0) is 18.8. The maximum Gasteiger partial charge on any atom is 0.264 e. The molecule has 1 aliphatic rings. The molecule has 0 saturated heterocycles.